The standard InChI is InChI=1S/C13H16ClNO2S/c1-18-13(5-6-13)9-15(8-12(16)17)11-4-2-3-10(14)7-11/h2-4,7H,5-6,8-9H2,1H3,(H,16,17). The van der Waals surface area contributed by atoms with Crippen LogP contribution in [0.5, 0.6) is 0 Å². The van der Waals surface area contributed by atoms with Gasteiger partial charge in [0.15, 0.2) is 0 Å². The van der Waals surface area contributed by atoms with E-state index in [9.17, 15) is 4.79 Å². The van der Waals surface area contributed by atoms with Gasteiger partial charge in [0.25, 0.3) is 0 Å². The van der Waals surface area contributed by atoms with E-state index in [2.05, 4.69) is 6.26 Å². The summed E-state index contributed by atoms with van der Waals surface area (Å²) >= 11 is 7.79. The Morgan fingerprint density at radius 3 is 2.78 bits per heavy atom. The SMILES string of the molecule is CSC1(CN(CC(=O)O)c2cccc(Cl)c2)CC1. The Balaban J connectivity index is 2.16. The molecule has 0 aromatic heterocycles. The van der Waals surface area contributed by atoms with E-state index in [1.807, 2.05) is 34.9 Å². The molecule has 1 aromatic rings. The molecular formula is C13H16ClNO2S. The summed E-state index contributed by atoms with van der Waals surface area (Å²) in [5, 5.41) is 9.66. The zero-order chi connectivity index (χ0) is 13.2. The lowest BCUT2D eigenvalue weighted by Crippen LogP contribution is -2.36. The summed E-state index contributed by atoms with van der Waals surface area (Å²) in [5.74, 6) is -0.813. The van der Waals surface area contributed by atoms with Gasteiger partial charge in [0.2, 0.25) is 0 Å². The third-order valence-electron chi connectivity index (χ3n) is 3.22. The van der Waals surface area contributed by atoms with E-state index in [4.69, 9.17) is 16.7 Å². The van der Waals surface area contributed by atoms with Gasteiger partial charge in [-0.05, 0) is 37.3 Å². The van der Waals surface area contributed by atoms with Gasteiger partial charge in [-0.3, -0.25) is 4.79 Å². The number of benzene rings is 1. The van der Waals surface area contributed by atoms with Crippen molar-refractivity contribution in [3.8, 4) is 0 Å². The van der Waals surface area contributed by atoms with E-state index >= 15 is 0 Å². The highest BCUT2D eigenvalue weighted by molar-refractivity contribution is 8.00. The van der Waals surface area contributed by atoms with Gasteiger partial charge in [0.1, 0.15) is 6.54 Å². The highest BCUT2D eigenvalue weighted by atomic mass is 35.5. The van der Waals surface area contributed by atoms with Crippen LogP contribution < -0.4 is 4.90 Å². The molecule has 1 saturated carbocycles. The van der Waals surface area contributed by atoms with Gasteiger partial charge in [-0.25, -0.2) is 0 Å². The first-order valence-electron chi connectivity index (χ1n) is 5.82. The average molecular weight is 286 g/mol. The van der Waals surface area contributed by atoms with Gasteiger partial charge in [-0.2, -0.15) is 11.8 Å². The molecular weight excluding hydrogens is 270 g/mol. The number of nitrogens with zero attached hydrogens (tertiary/aromatic N) is 1. The van der Waals surface area contributed by atoms with Crippen LogP contribution >= 0.6 is 23.4 Å². The van der Waals surface area contributed by atoms with Crippen LogP contribution in [-0.2, 0) is 4.79 Å². The molecule has 3 nitrogen and oxygen atoms in total. The van der Waals surface area contributed by atoms with Crippen molar-refractivity contribution in [1.29, 1.82) is 0 Å². The molecule has 0 bridgehead atoms. The number of anilines is 1. The second-order valence-electron chi connectivity index (χ2n) is 4.62. The summed E-state index contributed by atoms with van der Waals surface area (Å²) in [6.45, 7) is 0.781. The fraction of sp³-hybridized carbons (Fsp3) is 0.462. The van der Waals surface area contributed by atoms with Crippen molar-refractivity contribution in [2.45, 2.75) is 17.6 Å². The largest absolute Gasteiger partial charge is 0.480 e. The average Bonchev–Trinajstić information content (AvgIpc) is 3.08. The van der Waals surface area contributed by atoms with Crippen molar-refractivity contribution in [2.75, 3.05) is 24.2 Å². The number of rotatable bonds is 6. The summed E-state index contributed by atoms with van der Waals surface area (Å²) in [6.07, 6.45) is 4.40. The second-order valence-corrected chi connectivity index (χ2v) is 6.33. The van der Waals surface area contributed by atoms with Crippen LogP contribution in [0.1, 0.15) is 12.8 Å². The molecule has 0 aliphatic heterocycles. The van der Waals surface area contributed by atoms with E-state index in [1.165, 1.54) is 0 Å². The third kappa shape index (κ3) is 3.33. The number of carboxylic acids is 1. The van der Waals surface area contributed by atoms with E-state index in [-0.39, 0.29) is 11.3 Å². The molecule has 0 spiro atoms. The predicted octanol–water partition coefficient (Wildman–Crippen LogP) is 3.13. The van der Waals surface area contributed by atoms with Crippen molar-refractivity contribution < 1.29 is 9.90 Å². The fourth-order valence-electron chi connectivity index (χ4n) is 1.99. The van der Waals surface area contributed by atoms with Crippen molar-refractivity contribution in [1.82, 2.24) is 0 Å². The number of aliphatic carboxylic acids is 1. The van der Waals surface area contributed by atoms with Crippen LogP contribution in [0, 0.1) is 0 Å². The fourth-order valence-corrected chi connectivity index (χ4v) is 2.97. The van der Waals surface area contributed by atoms with Gasteiger partial charge in [0.05, 0.1) is 0 Å². The van der Waals surface area contributed by atoms with Crippen LogP contribution in [0.4, 0.5) is 5.69 Å². The van der Waals surface area contributed by atoms with E-state index < -0.39 is 5.97 Å². The molecule has 1 aliphatic carbocycles. The maximum atomic E-state index is 11.0. The van der Waals surface area contributed by atoms with Crippen LogP contribution in [0.2, 0.25) is 5.02 Å². The van der Waals surface area contributed by atoms with E-state index in [1.54, 1.807) is 6.07 Å². The summed E-state index contributed by atoms with van der Waals surface area (Å²) in [7, 11) is 0. The van der Waals surface area contributed by atoms with E-state index in [0.717, 1.165) is 25.1 Å². The summed E-state index contributed by atoms with van der Waals surface area (Å²) in [5.41, 5.74) is 0.880. The van der Waals surface area contributed by atoms with Crippen molar-refractivity contribution >= 4 is 35.0 Å². The number of carbonyl (C=O) groups is 1. The molecule has 0 radical (unpaired) electrons. The monoisotopic (exact) mass is 285 g/mol. The second kappa shape index (κ2) is 5.41. The van der Waals surface area contributed by atoms with Gasteiger partial charge in [-0.1, -0.05) is 17.7 Å². The number of thioether (sulfide) groups is 1. The molecule has 1 N–H and O–H groups in total. The molecule has 98 valence electrons. The zero-order valence-electron chi connectivity index (χ0n) is 10.2. The molecule has 18 heavy (non-hydrogen) atoms. The molecule has 0 amide bonds. The maximum Gasteiger partial charge on any atom is 0.323 e. The first-order chi connectivity index (χ1) is 8.54. The molecule has 0 heterocycles. The van der Waals surface area contributed by atoms with Crippen LogP contribution in [0.15, 0.2) is 24.3 Å². The molecule has 0 atom stereocenters. The predicted molar refractivity (Wildman–Crippen MR) is 76.8 cm³/mol. The maximum absolute atomic E-state index is 11.0. The first kappa shape index (κ1) is 13.6. The third-order valence-corrected chi connectivity index (χ3v) is 4.86. The van der Waals surface area contributed by atoms with Gasteiger partial charge in [-0.15, -0.1) is 0 Å². The van der Waals surface area contributed by atoms with Gasteiger partial charge in [0, 0.05) is 22.0 Å². The summed E-state index contributed by atoms with van der Waals surface area (Å²) in [4.78, 5) is 12.9. The quantitative estimate of drug-likeness (QED) is 0.872. The molecule has 0 saturated heterocycles. The molecule has 1 aliphatic rings. The molecule has 2 rings (SSSR count). The minimum Gasteiger partial charge on any atom is -0.480 e. The Bertz CT molecular complexity index is 448. The minimum absolute atomic E-state index is 0.0165. The number of carboxylic acid groups (broad SMARTS) is 1. The highest BCUT2D eigenvalue weighted by Gasteiger charge is 2.43. The summed E-state index contributed by atoms with van der Waals surface area (Å²) < 4.78 is 0.234. The highest BCUT2D eigenvalue weighted by Crippen LogP contribution is 2.48. The minimum atomic E-state index is -0.813. The number of halogens is 1. The lowest BCUT2D eigenvalue weighted by atomic mass is 10.2. The normalized spacial score (nSPS) is 16.3. The lowest BCUT2D eigenvalue weighted by molar-refractivity contribution is -0.135. The Morgan fingerprint density at radius 2 is 2.28 bits per heavy atom. The Hall–Kier alpha value is -0.870. The van der Waals surface area contributed by atoms with Crippen LogP contribution in [-0.4, -0.2) is 35.2 Å². The molecule has 1 aromatic carbocycles. The smallest absolute Gasteiger partial charge is 0.323 e. The Kier molecular flexibility index (Phi) is 4.07. The van der Waals surface area contributed by atoms with Gasteiger partial charge < -0.3 is 10.0 Å². The van der Waals surface area contributed by atoms with Gasteiger partial charge >= 0.3 is 5.97 Å². The number of hydrogen-bond donors (Lipinski definition) is 1. The zero-order valence-corrected chi connectivity index (χ0v) is 11.8. The van der Waals surface area contributed by atoms with Crippen molar-refractivity contribution in [3.63, 3.8) is 0 Å². The molecule has 5 heteroatoms. The molecule has 0 unspecified atom stereocenters. The summed E-state index contributed by atoms with van der Waals surface area (Å²) in [6, 6.07) is 7.38. The first-order valence-corrected chi connectivity index (χ1v) is 7.42. The van der Waals surface area contributed by atoms with Crippen molar-refractivity contribution in [3.05, 3.63) is 29.3 Å². The number of hydrogen-bond acceptors (Lipinski definition) is 3. The topological polar surface area (TPSA) is 40.5 Å². The molecule has 1 fully saturated rings. The van der Waals surface area contributed by atoms with Crippen LogP contribution in [0.3, 0.4) is 0 Å². The Morgan fingerprint density at radius 1 is 1.56 bits per heavy atom. The Labute approximate surface area is 116 Å². The lowest BCUT2D eigenvalue weighted by Gasteiger charge is -2.27. The van der Waals surface area contributed by atoms with Crippen molar-refractivity contribution in [2.24, 2.45) is 0 Å². The van der Waals surface area contributed by atoms with E-state index in [0.29, 0.717) is 5.02 Å². The van der Waals surface area contributed by atoms with Crippen LogP contribution in [0.25, 0.3) is 0 Å².